The van der Waals surface area contributed by atoms with Gasteiger partial charge in [-0.3, -0.25) is 0 Å². The van der Waals surface area contributed by atoms with E-state index >= 15 is 0 Å². The third kappa shape index (κ3) is 6.68. The van der Waals surface area contributed by atoms with Crippen LogP contribution in [-0.4, -0.2) is 12.4 Å². The lowest BCUT2D eigenvalue weighted by Crippen LogP contribution is -2.07. The molecule has 0 spiro atoms. The van der Waals surface area contributed by atoms with Crippen molar-refractivity contribution in [2.45, 2.75) is 84.5 Å². The average Bonchev–Trinajstić information content (AvgIpc) is 3.15. The Kier molecular flexibility index (Phi) is 8.79. The molecule has 1 aliphatic rings. The molecule has 0 aromatic heterocycles. The molecule has 0 radical (unpaired) electrons. The van der Waals surface area contributed by atoms with Crippen LogP contribution in [0.1, 0.15) is 95.6 Å². The molecule has 1 atom stereocenters. The number of nitrogens with zero attached hydrogens (tertiary/aromatic N) is 2. The van der Waals surface area contributed by atoms with Crippen LogP contribution in [-0.2, 0) is 0 Å². The van der Waals surface area contributed by atoms with Crippen LogP contribution in [0.3, 0.4) is 0 Å². The molecule has 0 amide bonds. The largest absolute Gasteiger partial charge is 0.243 e. The summed E-state index contributed by atoms with van der Waals surface area (Å²) in [6.07, 6.45) is 16.8. The van der Waals surface area contributed by atoms with Gasteiger partial charge in [0, 0.05) is 12.1 Å². The van der Waals surface area contributed by atoms with Gasteiger partial charge in [0.15, 0.2) is 0 Å². The molecule has 136 valence electrons. The maximum absolute atomic E-state index is 4.28. The van der Waals surface area contributed by atoms with Gasteiger partial charge in [-0.25, -0.2) is 0 Å². The van der Waals surface area contributed by atoms with Gasteiger partial charge in [-0.1, -0.05) is 72.1 Å². The van der Waals surface area contributed by atoms with Crippen molar-refractivity contribution < 1.29 is 0 Å². The minimum absolute atomic E-state index is 0.662. The van der Waals surface area contributed by atoms with E-state index < -0.39 is 0 Å². The van der Waals surface area contributed by atoms with Crippen molar-refractivity contribution in [1.82, 2.24) is 0 Å². The summed E-state index contributed by atoms with van der Waals surface area (Å²) in [7, 11) is 0. The molecule has 1 aromatic rings. The number of hydrogen-bond acceptors (Lipinski definition) is 2. The molecule has 0 bridgehead atoms. The van der Waals surface area contributed by atoms with Crippen molar-refractivity contribution in [1.29, 1.82) is 0 Å². The van der Waals surface area contributed by atoms with Gasteiger partial charge >= 0.3 is 0 Å². The monoisotopic (exact) mass is 339 g/mol. The number of unbranched alkanes of at least 4 members (excludes halogenated alkanes) is 7. The summed E-state index contributed by atoms with van der Waals surface area (Å²) < 4.78 is 0. The first-order chi connectivity index (χ1) is 12.2. The first-order valence-corrected chi connectivity index (χ1v) is 10.3. The lowest BCUT2D eigenvalue weighted by Gasteiger charge is -2.21. The topological polar surface area (TPSA) is 24.7 Å². The second kappa shape index (κ2) is 11.1. The van der Waals surface area contributed by atoms with Crippen LogP contribution < -0.4 is 0 Å². The minimum atomic E-state index is 0.662. The van der Waals surface area contributed by atoms with Gasteiger partial charge in [0.1, 0.15) is 18.0 Å². The zero-order valence-electron chi connectivity index (χ0n) is 16.4. The zero-order chi connectivity index (χ0) is 17.9. The zero-order valence-corrected chi connectivity index (χ0v) is 16.4. The Morgan fingerprint density at radius 1 is 0.800 bits per heavy atom. The number of aliphatic imine (C=N–C) groups is 2. The maximum Gasteiger partial charge on any atom is 0.243 e. The predicted octanol–water partition coefficient (Wildman–Crippen LogP) is 6.95. The standard InChI is InChI=1S/C23H35N2/c1-4-5-6-7-8-9-10-11-12-22(19(2)3)20-13-15-21(16-14-20)23-24-17-18-25-23/h13-19,22H,4-12H2,1-3H3/q+1. The van der Waals surface area contributed by atoms with Gasteiger partial charge in [0.05, 0.1) is 0 Å². The van der Waals surface area contributed by atoms with Crippen LogP contribution in [0.2, 0.25) is 0 Å². The molecular weight excluding hydrogens is 304 g/mol. The highest BCUT2D eigenvalue weighted by Crippen LogP contribution is 2.31. The fourth-order valence-electron chi connectivity index (χ4n) is 3.65. The van der Waals surface area contributed by atoms with E-state index in [-0.39, 0.29) is 0 Å². The first-order valence-electron chi connectivity index (χ1n) is 10.3. The highest BCUT2D eigenvalue weighted by atomic mass is 15.0. The van der Waals surface area contributed by atoms with Crippen molar-refractivity contribution in [3.05, 3.63) is 41.6 Å². The van der Waals surface area contributed by atoms with Crippen LogP contribution >= 0.6 is 0 Å². The van der Waals surface area contributed by atoms with Crippen molar-refractivity contribution in [3.8, 4) is 0 Å². The van der Waals surface area contributed by atoms with E-state index in [2.05, 4.69) is 55.0 Å². The maximum atomic E-state index is 4.28. The molecule has 2 rings (SSSR count). The molecule has 0 fully saturated rings. The van der Waals surface area contributed by atoms with Gasteiger partial charge in [-0.15, -0.1) is 9.98 Å². The molecule has 0 N–H and O–H groups in total. The summed E-state index contributed by atoms with van der Waals surface area (Å²) in [6, 6.07) is 8.91. The SMILES string of the molecule is CCCCCCCCCCC(c1ccc([C+]2N=CC=N2)cc1)C(C)C. The van der Waals surface area contributed by atoms with E-state index in [0.717, 1.165) is 11.7 Å². The molecule has 0 saturated carbocycles. The molecule has 1 unspecified atom stereocenters. The second-order valence-corrected chi connectivity index (χ2v) is 7.62. The van der Waals surface area contributed by atoms with Crippen molar-refractivity contribution >= 4 is 12.4 Å². The molecule has 1 aliphatic heterocycles. The van der Waals surface area contributed by atoms with E-state index in [1.165, 1.54) is 63.4 Å². The fourth-order valence-corrected chi connectivity index (χ4v) is 3.65. The Bertz CT molecular complexity index is 516. The van der Waals surface area contributed by atoms with Gasteiger partial charge in [-0.05, 0) is 36.0 Å². The fraction of sp³-hybridized carbons (Fsp3) is 0.609. The van der Waals surface area contributed by atoms with Crippen LogP contribution in [0, 0.1) is 12.1 Å². The third-order valence-electron chi connectivity index (χ3n) is 5.23. The summed E-state index contributed by atoms with van der Waals surface area (Å²) >= 11 is 0. The van der Waals surface area contributed by atoms with Crippen molar-refractivity contribution in [2.75, 3.05) is 0 Å². The lowest BCUT2D eigenvalue weighted by molar-refractivity contribution is 0.441. The van der Waals surface area contributed by atoms with Gasteiger partial charge in [-0.2, -0.15) is 0 Å². The second-order valence-electron chi connectivity index (χ2n) is 7.62. The van der Waals surface area contributed by atoms with Gasteiger partial charge < -0.3 is 0 Å². The molecule has 25 heavy (non-hydrogen) atoms. The normalized spacial score (nSPS) is 14.6. The molecule has 1 heterocycles. The minimum Gasteiger partial charge on any atom is -0.147 e. The van der Waals surface area contributed by atoms with Crippen LogP contribution in [0.5, 0.6) is 0 Å². The Hall–Kier alpha value is -1.57. The van der Waals surface area contributed by atoms with E-state index in [0.29, 0.717) is 11.8 Å². The summed E-state index contributed by atoms with van der Waals surface area (Å²) in [6.45, 7) is 6.98. The molecule has 0 aliphatic carbocycles. The average molecular weight is 340 g/mol. The van der Waals surface area contributed by atoms with Gasteiger partial charge in [0.25, 0.3) is 0 Å². The van der Waals surface area contributed by atoms with E-state index in [9.17, 15) is 0 Å². The summed E-state index contributed by atoms with van der Waals surface area (Å²) in [5.74, 6) is 1.35. The van der Waals surface area contributed by atoms with Crippen molar-refractivity contribution in [2.24, 2.45) is 15.9 Å². The smallest absolute Gasteiger partial charge is 0.147 e. The van der Waals surface area contributed by atoms with Crippen LogP contribution in [0.15, 0.2) is 34.3 Å². The summed E-state index contributed by atoms with van der Waals surface area (Å²) in [4.78, 5) is 8.56. The molecular formula is C23H35N2+. The third-order valence-corrected chi connectivity index (χ3v) is 5.23. The van der Waals surface area contributed by atoms with Crippen molar-refractivity contribution in [3.63, 3.8) is 0 Å². The van der Waals surface area contributed by atoms with Gasteiger partial charge in [0.2, 0.25) is 6.17 Å². The van der Waals surface area contributed by atoms with E-state index in [1.807, 2.05) is 0 Å². The predicted molar refractivity (Wildman–Crippen MR) is 111 cm³/mol. The Labute approximate surface area is 154 Å². The molecule has 1 aromatic carbocycles. The van der Waals surface area contributed by atoms with Crippen LogP contribution in [0.4, 0.5) is 0 Å². The quantitative estimate of drug-likeness (QED) is 0.291. The molecule has 2 heteroatoms. The first kappa shape index (κ1) is 19.8. The number of hydrogen-bond donors (Lipinski definition) is 0. The van der Waals surface area contributed by atoms with Crippen LogP contribution in [0.25, 0.3) is 0 Å². The Balaban J connectivity index is 1.76. The molecule has 2 nitrogen and oxygen atoms in total. The Morgan fingerprint density at radius 2 is 1.36 bits per heavy atom. The number of rotatable bonds is 12. The van der Waals surface area contributed by atoms with E-state index in [1.54, 1.807) is 12.4 Å². The molecule has 0 saturated heterocycles. The highest BCUT2D eigenvalue weighted by molar-refractivity contribution is 6.18. The highest BCUT2D eigenvalue weighted by Gasteiger charge is 2.20. The van der Waals surface area contributed by atoms with E-state index in [4.69, 9.17) is 0 Å². The lowest BCUT2D eigenvalue weighted by atomic mass is 9.84. The summed E-state index contributed by atoms with van der Waals surface area (Å²) in [5, 5.41) is 0. The Morgan fingerprint density at radius 3 is 1.92 bits per heavy atom. The summed E-state index contributed by atoms with van der Waals surface area (Å²) in [5.41, 5.74) is 2.58. The number of benzene rings is 1.